The molecule has 0 aliphatic rings. The Balaban J connectivity index is 2.04. The maximum atomic E-state index is 11.4. The monoisotopic (exact) mass is 554 g/mol. The van der Waals surface area contributed by atoms with E-state index in [1.165, 1.54) is 48.5 Å². The van der Waals surface area contributed by atoms with E-state index in [-0.39, 0.29) is 22.9 Å². The lowest BCUT2D eigenvalue weighted by Gasteiger charge is -2.12. The molecular formula is C19H16N4O12P2. The largest absolute Gasteiger partial charge is 0.524 e. The van der Waals surface area contributed by atoms with Gasteiger partial charge in [0.1, 0.15) is 17.2 Å². The molecule has 0 spiro atoms. The topological polar surface area (TPSA) is 244 Å². The van der Waals surface area contributed by atoms with Crippen molar-refractivity contribution in [1.82, 2.24) is 0 Å². The maximum Gasteiger partial charge on any atom is 0.524 e. The minimum atomic E-state index is -4.82. The predicted octanol–water partition coefficient (Wildman–Crippen LogP) is 3.31. The van der Waals surface area contributed by atoms with E-state index in [2.05, 4.69) is 19.6 Å². The van der Waals surface area contributed by atoms with Crippen LogP contribution in [0.3, 0.4) is 0 Å². The van der Waals surface area contributed by atoms with Crippen LogP contribution in [0.5, 0.6) is 11.5 Å². The number of phosphoric ester groups is 2. The number of hydrogen-bond acceptors (Lipinski definition) is 10. The minimum absolute atomic E-state index is 0.109. The number of hydrazone groups is 1. The molecule has 5 N–H and O–H groups in total. The van der Waals surface area contributed by atoms with Crippen LogP contribution < -0.4 is 14.5 Å². The van der Waals surface area contributed by atoms with E-state index >= 15 is 0 Å². The second-order valence-electron chi connectivity index (χ2n) is 7.00. The van der Waals surface area contributed by atoms with Crippen molar-refractivity contribution in [1.29, 1.82) is 0 Å². The van der Waals surface area contributed by atoms with Crippen LogP contribution in [0.4, 0.5) is 17.1 Å². The quantitative estimate of drug-likeness (QED) is 0.105. The van der Waals surface area contributed by atoms with E-state index in [1.807, 2.05) is 0 Å². The Morgan fingerprint density at radius 3 is 1.59 bits per heavy atom. The average molecular weight is 554 g/mol. The van der Waals surface area contributed by atoms with Crippen LogP contribution in [0.15, 0.2) is 71.8 Å². The van der Waals surface area contributed by atoms with Crippen molar-refractivity contribution in [2.24, 2.45) is 5.10 Å². The molecule has 0 aliphatic heterocycles. The Bertz CT molecular complexity index is 1380. The van der Waals surface area contributed by atoms with Crippen molar-refractivity contribution in [2.45, 2.75) is 0 Å². The molecule has 0 atom stereocenters. The number of nitro groups is 2. The number of rotatable bonds is 10. The molecule has 0 aliphatic carbocycles. The van der Waals surface area contributed by atoms with Gasteiger partial charge in [-0.3, -0.25) is 45.2 Å². The van der Waals surface area contributed by atoms with Gasteiger partial charge in [-0.05, 0) is 54.6 Å². The first-order chi connectivity index (χ1) is 17.2. The Morgan fingerprint density at radius 2 is 1.22 bits per heavy atom. The molecule has 37 heavy (non-hydrogen) atoms. The summed E-state index contributed by atoms with van der Waals surface area (Å²) in [5, 5.41) is 26.6. The lowest BCUT2D eigenvalue weighted by Crippen LogP contribution is -2.08. The van der Waals surface area contributed by atoms with Gasteiger partial charge < -0.3 is 9.05 Å². The summed E-state index contributed by atoms with van der Waals surface area (Å²) in [4.78, 5) is 56.6. The number of non-ortho nitro benzene ring substituents is 1. The lowest BCUT2D eigenvalue weighted by molar-refractivity contribution is -0.393. The van der Waals surface area contributed by atoms with Gasteiger partial charge in [0.05, 0.1) is 21.6 Å². The van der Waals surface area contributed by atoms with Crippen LogP contribution in [0.25, 0.3) is 0 Å². The van der Waals surface area contributed by atoms with Gasteiger partial charge in [-0.15, -0.1) is 0 Å². The third-order valence-electron chi connectivity index (χ3n) is 4.38. The highest BCUT2D eigenvalue weighted by molar-refractivity contribution is 7.47. The van der Waals surface area contributed by atoms with Crippen LogP contribution in [-0.2, 0) is 9.13 Å². The van der Waals surface area contributed by atoms with Gasteiger partial charge in [0.15, 0.2) is 0 Å². The smallest absolute Gasteiger partial charge is 0.404 e. The van der Waals surface area contributed by atoms with Crippen molar-refractivity contribution in [2.75, 3.05) is 5.43 Å². The highest BCUT2D eigenvalue weighted by atomic mass is 31.2. The fraction of sp³-hybridized carbons (Fsp3) is 0. The molecule has 0 bridgehead atoms. The molecular weight excluding hydrogens is 538 g/mol. The van der Waals surface area contributed by atoms with Crippen molar-refractivity contribution >= 4 is 38.4 Å². The standard InChI is InChI=1S/C19H16N4O12P2/c24-22(25)14-5-10-17(18(11-14)23(26)27)20-21-19(12-1-6-15(7-2-12)34-36(28,29)30)13-3-8-16(9-4-13)35-37(31,32)33/h1-11,20H,(H2,28,29,30)(H2,31,32,33). The molecule has 0 aromatic heterocycles. The van der Waals surface area contributed by atoms with Crippen molar-refractivity contribution in [3.63, 3.8) is 0 Å². The number of nitrogens with one attached hydrogen (secondary N) is 1. The number of benzene rings is 3. The Hall–Kier alpha value is -4.17. The zero-order valence-corrected chi connectivity index (χ0v) is 19.9. The molecule has 0 radical (unpaired) electrons. The zero-order chi connectivity index (χ0) is 27.4. The molecule has 3 aromatic rings. The van der Waals surface area contributed by atoms with E-state index in [9.17, 15) is 29.4 Å². The Labute approximate surface area is 206 Å². The van der Waals surface area contributed by atoms with Gasteiger partial charge in [-0.1, -0.05) is 0 Å². The van der Waals surface area contributed by atoms with Crippen LogP contribution in [-0.4, -0.2) is 35.1 Å². The summed E-state index contributed by atoms with van der Waals surface area (Å²) in [6.07, 6.45) is 0. The van der Waals surface area contributed by atoms with E-state index in [1.54, 1.807) is 0 Å². The summed E-state index contributed by atoms with van der Waals surface area (Å²) in [5.41, 5.74) is 1.89. The molecule has 0 saturated carbocycles. The molecule has 0 heterocycles. The minimum Gasteiger partial charge on any atom is -0.404 e. The summed E-state index contributed by atoms with van der Waals surface area (Å²) in [6.45, 7) is 0. The lowest BCUT2D eigenvalue weighted by atomic mass is 10.0. The highest BCUT2D eigenvalue weighted by Crippen LogP contribution is 2.38. The van der Waals surface area contributed by atoms with Crippen LogP contribution >= 0.6 is 15.6 Å². The predicted molar refractivity (Wildman–Crippen MR) is 127 cm³/mol. The number of nitro benzene ring substituents is 2. The molecule has 0 fully saturated rings. The first-order valence-electron chi connectivity index (χ1n) is 9.69. The van der Waals surface area contributed by atoms with Crippen LogP contribution in [0, 0.1) is 20.2 Å². The third-order valence-corrected chi connectivity index (χ3v) is 5.28. The van der Waals surface area contributed by atoms with Gasteiger partial charge in [-0.25, -0.2) is 9.13 Å². The van der Waals surface area contributed by atoms with E-state index < -0.39 is 36.9 Å². The summed E-state index contributed by atoms with van der Waals surface area (Å²) in [6, 6.07) is 13.3. The molecule has 18 heteroatoms. The molecule has 3 aromatic carbocycles. The number of nitrogens with zero attached hydrogens (tertiary/aromatic N) is 3. The molecule has 0 saturated heterocycles. The first-order valence-corrected chi connectivity index (χ1v) is 12.8. The normalized spacial score (nSPS) is 11.4. The van der Waals surface area contributed by atoms with Gasteiger partial charge in [-0.2, -0.15) is 5.10 Å². The molecule has 3 rings (SSSR count). The van der Waals surface area contributed by atoms with Gasteiger partial charge in [0.2, 0.25) is 0 Å². The Kier molecular flexibility index (Phi) is 8.03. The number of phosphoric acid groups is 2. The van der Waals surface area contributed by atoms with Crippen molar-refractivity contribution < 1.29 is 47.6 Å². The van der Waals surface area contributed by atoms with Crippen molar-refractivity contribution in [3.05, 3.63) is 98.1 Å². The number of anilines is 1. The molecule has 0 amide bonds. The highest BCUT2D eigenvalue weighted by Gasteiger charge is 2.21. The zero-order valence-electron chi connectivity index (χ0n) is 18.1. The van der Waals surface area contributed by atoms with E-state index in [4.69, 9.17) is 19.6 Å². The summed E-state index contributed by atoms with van der Waals surface area (Å²) >= 11 is 0. The van der Waals surface area contributed by atoms with Crippen LogP contribution in [0.2, 0.25) is 0 Å². The fourth-order valence-electron chi connectivity index (χ4n) is 2.91. The van der Waals surface area contributed by atoms with Gasteiger partial charge >= 0.3 is 21.3 Å². The average Bonchev–Trinajstić information content (AvgIpc) is 2.79. The number of hydrogen-bond donors (Lipinski definition) is 5. The molecule has 194 valence electrons. The summed E-state index contributed by atoms with van der Waals surface area (Å²) < 4.78 is 31.1. The Morgan fingerprint density at radius 1 is 0.757 bits per heavy atom. The summed E-state index contributed by atoms with van der Waals surface area (Å²) in [7, 11) is -9.64. The third kappa shape index (κ3) is 7.91. The van der Waals surface area contributed by atoms with Crippen LogP contribution in [0.1, 0.15) is 11.1 Å². The maximum absolute atomic E-state index is 11.4. The van der Waals surface area contributed by atoms with E-state index in [0.29, 0.717) is 11.1 Å². The van der Waals surface area contributed by atoms with E-state index in [0.717, 1.165) is 18.2 Å². The molecule has 0 unspecified atom stereocenters. The molecule has 16 nitrogen and oxygen atoms in total. The van der Waals surface area contributed by atoms with Gasteiger partial charge in [0, 0.05) is 17.2 Å². The first kappa shape index (κ1) is 27.4. The SMILES string of the molecule is O=[N+]([O-])c1ccc(NN=C(c2ccc(OP(=O)(O)O)cc2)c2ccc(OP(=O)(O)O)cc2)c([N+](=O)[O-])c1. The summed E-state index contributed by atoms with van der Waals surface area (Å²) in [5.74, 6) is -0.332. The second kappa shape index (κ2) is 10.8. The van der Waals surface area contributed by atoms with Gasteiger partial charge in [0.25, 0.3) is 5.69 Å². The second-order valence-corrected chi connectivity index (χ2v) is 9.33. The van der Waals surface area contributed by atoms with Crippen molar-refractivity contribution in [3.8, 4) is 11.5 Å². The fourth-order valence-corrected chi connectivity index (χ4v) is 3.71.